The van der Waals surface area contributed by atoms with Gasteiger partial charge in [0.1, 0.15) is 5.75 Å². The number of methoxy groups -OCH3 is 1. The number of allylic oxidation sites excluding steroid dienone is 1. The Bertz CT molecular complexity index is 251. The van der Waals surface area contributed by atoms with Gasteiger partial charge < -0.3 is 4.74 Å². The van der Waals surface area contributed by atoms with Crippen LogP contribution in [-0.2, 0) is 6.42 Å². The lowest BCUT2D eigenvalue weighted by Gasteiger charge is -1.99. The molecule has 0 spiro atoms. The molecular formula is C10H11ClO. The molecule has 0 N–H and O–H groups in total. The molecule has 0 saturated heterocycles. The van der Waals surface area contributed by atoms with Gasteiger partial charge in [0.15, 0.2) is 0 Å². The molecule has 0 aromatic heterocycles. The van der Waals surface area contributed by atoms with Crippen LogP contribution >= 0.6 is 11.6 Å². The second-order valence-corrected chi connectivity index (χ2v) is 2.67. The second kappa shape index (κ2) is 4.83. The lowest BCUT2D eigenvalue weighted by Crippen LogP contribution is -1.83. The summed E-state index contributed by atoms with van der Waals surface area (Å²) < 4.78 is 5.03. The average Bonchev–Trinajstić information content (AvgIpc) is 2.15. The van der Waals surface area contributed by atoms with Crippen molar-refractivity contribution in [3.05, 3.63) is 41.4 Å². The van der Waals surface area contributed by atoms with Gasteiger partial charge in [-0.15, -0.1) is 0 Å². The highest BCUT2D eigenvalue weighted by molar-refractivity contribution is 6.25. The first-order valence-electron chi connectivity index (χ1n) is 3.75. The molecule has 0 aliphatic rings. The molecule has 64 valence electrons. The van der Waals surface area contributed by atoms with Crippen molar-refractivity contribution in [2.45, 2.75) is 6.42 Å². The van der Waals surface area contributed by atoms with Gasteiger partial charge in [-0.3, -0.25) is 0 Å². The van der Waals surface area contributed by atoms with Crippen LogP contribution in [0.1, 0.15) is 5.56 Å². The van der Waals surface area contributed by atoms with Gasteiger partial charge in [0.05, 0.1) is 7.11 Å². The second-order valence-electron chi connectivity index (χ2n) is 2.41. The summed E-state index contributed by atoms with van der Waals surface area (Å²) in [6.07, 6.45) is 2.77. The van der Waals surface area contributed by atoms with E-state index in [9.17, 15) is 0 Å². The summed E-state index contributed by atoms with van der Waals surface area (Å²) in [4.78, 5) is 0. The van der Waals surface area contributed by atoms with E-state index in [0.29, 0.717) is 0 Å². The van der Waals surface area contributed by atoms with Gasteiger partial charge in [0.2, 0.25) is 0 Å². The molecule has 0 atom stereocenters. The number of ether oxygens (including phenoxy) is 1. The van der Waals surface area contributed by atoms with E-state index in [-0.39, 0.29) is 0 Å². The van der Waals surface area contributed by atoms with E-state index in [1.807, 2.05) is 30.3 Å². The van der Waals surface area contributed by atoms with Crippen LogP contribution in [0, 0.1) is 0 Å². The van der Waals surface area contributed by atoms with Crippen molar-refractivity contribution in [1.82, 2.24) is 0 Å². The fourth-order valence-corrected chi connectivity index (χ4v) is 1.03. The Kier molecular flexibility index (Phi) is 3.68. The van der Waals surface area contributed by atoms with Crippen molar-refractivity contribution in [2.75, 3.05) is 7.11 Å². The van der Waals surface area contributed by atoms with E-state index >= 15 is 0 Å². The summed E-state index contributed by atoms with van der Waals surface area (Å²) >= 11 is 5.40. The van der Waals surface area contributed by atoms with Crippen LogP contribution < -0.4 is 4.74 Å². The maximum absolute atomic E-state index is 5.40. The zero-order valence-corrected chi connectivity index (χ0v) is 7.71. The molecule has 0 amide bonds. The van der Waals surface area contributed by atoms with Crippen molar-refractivity contribution in [2.24, 2.45) is 0 Å². The Morgan fingerprint density at radius 1 is 1.33 bits per heavy atom. The minimum Gasteiger partial charge on any atom is -0.497 e. The number of hydrogen-bond donors (Lipinski definition) is 0. The Labute approximate surface area is 77.6 Å². The summed E-state index contributed by atoms with van der Waals surface area (Å²) in [5, 5.41) is 0. The van der Waals surface area contributed by atoms with Crippen LogP contribution in [0.4, 0.5) is 0 Å². The summed E-state index contributed by atoms with van der Waals surface area (Å²) in [6.45, 7) is 0. The standard InChI is InChI=1S/C10H11ClO/c1-12-10-6-4-9(5-7-10)3-2-8-11/h2,4-8H,3H2,1H3. The largest absolute Gasteiger partial charge is 0.497 e. The van der Waals surface area contributed by atoms with Crippen LogP contribution in [0.5, 0.6) is 5.75 Å². The summed E-state index contributed by atoms with van der Waals surface area (Å²) in [5.74, 6) is 0.883. The Balaban J connectivity index is 2.64. The van der Waals surface area contributed by atoms with Gasteiger partial charge in [-0.25, -0.2) is 0 Å². The lowest BCUT2D eigenvalue weighted by molar-refractivity contribution is 0.414. The number of benzene rings is 1. The molecule has 0 fully saturated rings. The molecule has 2 heteroatoms. The van der Waals surface area contributed by atoms with Gasteiger partial charge in [-0.05, 0) is 24.1 Å². The van der Waals surface area contributed by atoms with E-state index in [1.54, 1.807) is 7.11 Å². The van der Waals surface area contributed by atoms with Crippen molar-refractivity contribution in [3.8, 4) is 5.75 Å². The Morgan fingerprint density at radius 3 is 2.50 bits per heavy atom. The predicted octanol–water partition coefficient (Wildman–Crippen LogP) is 2.99. The molecule has 1 rings (SSSR count). The van der Waals surface area contributed by atoms with Gasteiger partial charge >= 0.3 is 0 Å². The first kappa shape index (κ1) is 9.14. The molecule has 12 heavy (non-hydrogen) atoms. The molecule has 0 aliphatic carbocycles. The summed E-state index contributed by atoms with van der Waals surface area (Å²) in [7, 11) is 1.66. The molecule has 0 aliphatic heterocycles. The quantitative estimate of drug-likeness (QED) is 0.699. The van der Waals surface area contributed by atoms with E-state index in [2.05, 4.69) is 0 Å². The van der Waals surface area contributed by atoms with E-state index in [1.165, 1.54) is 11.1 Å². The molecule has 0 radical (unpaired) electrons. The smallest absolute Gasteiger partial charge is 0.118 e. The van der Waals surface area contributed by atoms with Crippen LogP contribution in [-0.4, -0.2) is 7.11 Å². The third-order valence-corrected chi connectivity index (χ3v) is 1.78. The van der Waals surface area contributed by atoms with Crippen LogP contribution in [0.2, 0.25) is 0 Å². The average molecular weight is 183 g/mol. The third-order valence-electron chi connectivity index (χ3n) is 1.60. The monoisotopic (exact) mass is 182 g/mol. The fraction of sp³-hybridized carbons (Fsp3) is 0.200. The normalized spacial score (nSPS) is 10.5. The van der Waals surface area contributed by atoms with Crippen molar-refractivity contribution < 1.29 is 4.74 Å². The fourth-order valence-electron chi connectivity index (χ4n) is 0.942. The third kappa shape index (κ3) is 2.59. The molecule has 0 unspecified atom stereocenters. The number of hydrogen-bond acceptors (Lipinski definition) is 1. The maximum atomic E-state index is 5.40. The molecular weight excluding hydrogens is 172 g/mol. The van der Waals surface area contributed by atoms with Gasteiger partial charge in [-0.1, -0.05) is 29.8 Å². The summed E-state index contributed by atoms with van der Waals surface area (Å²) in [6, 6.07) is 7.93. The first-order chi connectivity index (χ1) is 5.86. The molecule has 0 saturated carbocycles. The Hall–Kier alpha value is -0.950. The number of halogens is 1. The minimum absolute atomic E-state index is 0.869. The molecule has 0 bridgehead atoms. The molecule has 1 aromatic rings. The van der Waals surface area contributed by atoms with Crippen molar-refractivity contribution in [1.29, 1.82) is 0 Å². The van der Waals surface area contributed by atoms with Crippen LogP contribution in [0.3, 0.4) is 0 Å². The summed E-state index contributed by atoms with van der Waals surface area (Å²) in [5.41, 5.74) is 2.76. The van der Waals surface area contributed by atoms with Gasteiger partial charge in [-0.2, -0.15) is 0 Å². The first-order valence-corrected chi connectivity index (χ1v) is 4.18. The van der Waals surface area contributed by atoms with Gasteiger partial charge in [0.25, 0.3) is 0 Å². The van der Waals surface area contributed by atoms with E-state index in [0.717, 1.165) is 12.2 Å². The van der Waals surface area contributed by atoms with Crippen molar-refractivity contribution in [3.63, 3.8) is 0 Å². The highest BCUT2D eigenvalue weighted by Gasteiger charge is 1.90. The van der Waals surface area contributed by atoms with E-state index < -0.39 is 0 Å². The number of rotatable bonds is 3. The Morgan fingerprint density at radius 2 is 2.00 bits per heavy atom. The molecule has 1 nitrogen and oxygen atoms in total. The molecule has 1 aromatic carbocycles. The van der Waals surface area contributed by atoms with Gasteiger partial charge in [0, 0.05) is 5.54 Å². The zero-order valence-electron chi connectivity index (χ0n) is 6.96. The zero-order chi connectivity index (χ0) is 8.81. The van der Waals surface area contributed by atoms with Crippen LogP contribution in [0.25, 0.3) is 0 Å². The van der Waals surface area contributed by atoms with Crippen LogP contribution in [0.15, 0.2) is 35.9 Å². The lowest BCUT2D eigenvalue weighted by atomic mass is 10.1. The molecule has 0 heterocycles. The highest BCUT2D eigenvalue weighted by Crippen LogP contribution is 2.11. The topological polar surface area (TPSA) is 9.23 Å². The predicted molar refractivity (Wildman–Crippen MR) is 51.7 cm³/mol. The minimum atomic E-state index is 0.869. The SMILES string of the molecule is COc1ccc(CC=CCl)cc1. The highest BCUT2D eigenvalue weighted by atomic mass is 35.5. The van der Waals surface area contributed by atoms with E-state index in [4.69, 9.17) is 16.3 Å². The van der Waals surface area contributed by atoms with Crippen molar-refractivity contribution >= 4 is 11.6 Å². The maximum Gasteiger partial charge on any atom is 0.118 e.